The molecule has 118 valence electrons. The van der Waals surface area contributed by atoms with Crippen LogP contribution < -0.4 is 4.72 Å². The molecule has 2 atom stereocenters. The molecule has 2 aliphatic rings. The number of hydrogen-bond acceptors (Lipinski definition) is 2. The number of sulfonamides is 1. The maximum Gasteiger partial charge on any atom is 0.212 e. The molecule has 2 fully saturated rings. The summed E-state index contributed by atoms with van der Waals surface area (Å²) in [5.74, 6) is 1.31. The second-order valence-corrected chi connectivity index (χ2v) is 9.33. The Labute approximate surface area is 132 Å². The summed E-state index contributed by atoms with van der Waals surface area (Å²) in [4.78, 5) is 0. The van der Waals surface area contributed by atoms with E-state index in [1.54, 1.807) is 0 Å². The van der Waals surface area contributed by atoms with Crippen LogP contribution in [0.1, 0.15) is 64.7 Å². The molecule has 0 bridgehead atoms. The first-order valence-electron chi connectivity index (χ1n) is 8.02. The van der Waals surface area contributed by atoms with E-state index in [1.165, 1.54) is 25.7 Å². The number of halogens is 1. The molecule has 0 aliphatic heterocycles. The van der Waals surface area contributed by atoms with Gasteiger partial charge in [-0.25, -0.2) is 13.1 Å². The zero-order valence-corrected chi connectivity index (χ0v) is 14.9. The average molecular weight is 366 g/mol. The molecule has 2 unspecified atom stereocenters. The summed E-state index contributed by atoms with van der Waals surface area (Å²) in [6.45, 7) is 2.23. The van der Waals surface area contributed by atoms with E-state index in [0.717, 1.165) is 37.4 Å². The lowest BCUT2D eigenvalue weighted by Gasteiger charge is -2.39. The van der Waals surface area contributed by atoms with Crippen LogP contribution in [0.3, 0.4) is 0 Å². The molecule has 0 aromatic heterocycles. The van der Waals surface area contributed by atoms with Crippen LogP contribution in [-0.2, 0) is 10.0 Å². The van der Waals surface area contributed by atoms with Crippen LogP contribution in [0.5, 0.6) is 0 Å². The summed E-state index contributed by atoms with van der Waals surface area (Å²) in [6.07, 6.45) is 10.1. The zero-order chi connectivity index (χ0) is 14.6. The third-order valence-corrected chi connectivity index (χ3v) is 7.63. The van der Waals surface area contributed by atoms with E-state index in [-0.39, 0.29) is 5.54 Å². The molecule has 2 rings (SSSR count). The minimum atomic E-state index is -3.15. The molecule has 0 heterocycles. The fourth-order valence-corrected chi connectivity index (χ4v) is 6.73. The SMILES string of the molecule is CC1CCCC(CBr)(NS(=O)(=O)CC2CCCCC2)C1. The Morgan fingerprint density at radius 1 is 1.15 bits per heavy atom. The second-order valence-electron chi connectivity index (χ2n) is 7.00. The van der Waals surface area contributed by atoms with Gasteiger partial charge in [0.15, 0.2) is 0 Å². The lowest BCUT2D eigenvalue weighted by Crippen LogP contribution is -2.53. The summed E-state index contributed by atoms with van der Waals surface area (Å²) in [5.41, 5.74) is -0.245. The molecule has 0 aromatic carbocycles. The van der Waals surface area contributed by atoms with Gasteiger partial charge in [-0.3, -0.25) is 0 Å². The predicted molar refractivity (Wildman–Crippen MR) is 87.7 cm³/mol. The second kappa shape index (κ2) is 7.10. The van der Waals surface area contributed by atoms with Gasteiger partial charge < -0.3 is 0 Å². The Morgan fingerprint density at radius 2 is 1.85 bits per heavy atom. The van der Waals surface area contributed by atoms with Gasteiger partial charge in [-0.05, 0) is 37.5 Å². The molecule has 3 nitrogen and oxygen atoms in total. The van der Waals surface area contributed by atoms with E-state index in [9.17, 15) is 8.42 Å². The molecule has 0 amide bonds. The van der Waals surface area contributed by atoms with Gasteiger partial charge in [0.1, 0.15) is 0 Å². The minimum absolute atomic E-state index is 0.245. The van der Waals surface area contributed by atoms with Crippen molar-refractivity contribution in [3.8, 4) is 0 Å². The lowest BCUT2D eigenvalue weighted by molar-refractivity contribution is 0.241. The molecule has 1 N–H and O–H groups in total. The summed E-state index contributed by atoms with van der Waals surface area (Å²) in [6, 6.07) is 0. The highest BCUT2D eigenvalue weighted by atomic mass is 79.9. The van der Waals surface area contributed by atoms with Gasteiger partial charge in [-0.15, -0.1) is 0 Å². The topological polar surface area (TPSA) is 46.2 Å². The highest BCUT2D eigenvalue weighted by molar-refractivity contribution is 9.09. The molecule has 0 saturated heterocycles. The van der Waals surface area contributed by atoms with Crippen molar-refractivity contribution < 1.29 is 8.42 Å². The van der Waals surface area contributed by atoms with Crippen LogP contribution >= 0.6 is 15.9 Å². The van der Waals surface area contributed by atoms with Crippen molar-refractivity contribution in [2.45, 2.75) is 70.3 Å². The average Bonchev–Trinajstić information content (AvgIpc) is 2.38. The number of nitrogens with one attached hydrogen (secondary N) is 1. The van der Waals surface area contributed by atoms with Crippen molar-refractivity contribution in [3.63, 3.8) is 0 Å². The van der Waals surface area contributed by atoms with Crippen LogP contribution in [0.25, 0.3) is 0 Å². The molecular formula is C15H28BrNO2S. The molecule has 20 heavy (non-hydrogen) atoms. The monoisotopic (exact) mass is 365 g/mol. The van der Waals surface area contributed by atoms with Crippen LogP contribution in [0.2, 0.25) is 0 Å². The van der Waals surface area contributed by atoms with Crippen molar-refractivity contribution in [3.05, 3.63) is 0 Å². The largest absolute Gasteiger partial charge is 0.212 e. The van der Waals surface area contributed by atoms with Crippen LogP contribution in [0.4, 0.5) is 0 Å². The Kier molecular flexibility index (Phi) is 5.95. The first kappa shape index (κ1) is 16.8. The molecule has 5 heteroatoms. The molecule has 0 radical (unpaired) electrons. The first-order valence-corrected chi connectivity index (χ1v) is 10.8. The Balaban J connectivity index is 1.97. The van der Waals surface area contributed by atoms with Crippen molar-refractivity contribution in [1.29, 1.82) is 0 Å². The minimum Gasteiger partial charge on any atom is -0.212 e. The molecule has 0 aromatic rings. The number of rotatable bonds is 5. The van der Waals surface area contributed by atoms with Crippen molar-refractivity contribution in [2.24, 2.45) is 11.8 Å². The van der Waals surface area contributed by atoms with Gasteiger partial charge in [0.2, 0.25) is 10.0 Å². The van der Waals surface area contributed by atoms with Gasteiger partial charge in [-0.2, -0.15) is 0 Å². The van der Waals surface area contributed by atoms with E-state index < -0.39 is 10.0 Å². The standard InChI is InChI=1S/C15H28BrNO2S/c1-13-6-5-9-15(10-13,12-16)17-20(18,19)11-14-7-3-2-4-8-14/h13-14,17H,2-12H2,1H3. The highest BCUT2D eigenvalue weighted by Gasteiger charge is 2.38. The van der Waals surface area contributed by atoms with E-state index >= 15 is 0 Å². The fraction of sp³-hybridized carbons (Fsp3) is 1.00. The van der Waals surface area contributed by atoms with Gasteiger partial charge >= 0.3 is 0 Å². The van der Waals surface area contributed by atoms with Crippen LogP contribution in [0.15, 0.2) is 0 Å². The van der Waals surface area contributed by atoms with Gasteiger partial charge in [-0.1, -0.05) is 55.0 Å². The van der Waals surface area contributed by atoms with Crippen molar-refractivity contribution in [1.82, 2.24) is 4.72 Å². The Morgan fingerprint density at radius 3 is 2.45 bits per heavy atom. The zero-order valence-electron chi connectivity index (χ0n) is 12.5. The van der Waals surface area contributed by atoms with Gasteiger partial charge in [0.05, 0.1) is 5.75 Å². The third kappa shape index (κ3) is 4.70. The van der Waals surface area contributed by atoms with E-state index in [4.69, 9.17) is 0 Å². The maximum absolute atomic E-state index is 12.5. The van der Waals surface area contributed by atoms with Crippen molar-refractivity contribution in [2.75, 3.05) is 11.1 Å². The Bertz CT molecular complexity index is 406. The third-order valence-electron chi connectivity index (χ3n) is 4.90. The number of alkyl halides is 1. The Hall–Kier alpha value is 0.390. The molecule has 0 spiro atoms. The highest BCUT2D eigenvalue weighted by Crippen LogP contribution is 2.34. The van der Waals surface area contributed by atoms with Crippen LogP contribution in [0, 0.1) is 11.8 Å². The normalized spacial score (nSPS) is 33.2. The predicted octanol–water partition coefficient (Wildman–Crippen LogP) is 3.83. The van der Waals surface area contributed by atoms with Crippen molar-refractivity contribution >= 4 is 26.0 Å². The van der Waals surface area contributed by atoms with E-state index in [1.807, 2.05) is 0 Å². The molecule has 2 aliphatic carbocycles. The van der Waals surface area contributed by atoms with Gasteiger partial charge in [0.25, 0.3) is 0 Å². The van der Waals surface area contributed by atoms with E-state index in [0.29, 0.717) is 17.6 Å². The van der Waals surface area contributed by atoms with Gasteiger partial charge in [0, 0.05) is 10.9 Å². The summed E-state index contributed by atoms with van der Waals surface area (Å²) in [7, 11) is -3.15. The van der Waals surface area contributed by atoms with Crippen LogP contribution in [-0.4, -0.2) is 25.0 Å². The smallest absolute Gasteiger partial charge is 0.212 e. The summed E-state index contributed by atoms with van der Waals surface area (Å²) >= 11 is 3.55. The lowest BCUT2D eigenvalue weighted by atomic mass is 9.78. The molecular weight excluding hydrogens is 338 g/mol. The molecule has 2 saturated carbocycles. The quantitative estimate of drug-likeness (QED) is 0.752. The number of hydrogen-bond donors (Lipinski definition) is 1. The fourth-order valence-electron chi connectivity index (χ4n) is 3.94. The van der Waals surface area contributed by atoms with E-state index in [2.05, 4.69) is 27.6 Å². The first-order chi connectivity index (χ1) is 9.45. The summed E-state index contributed by atoms with van der Waals surface area (Å²) in [5, 5.41) is 0.730. The maximum atomic E-state index is 12.5. The summed E-state index contributed by atoms with van der Waals surface area (Å²) < 4.78 is 28.1.